The second-order valence-electron chi connectivity index (χ2n) is 8.18. The molecule has 0 radical (unpaired) electrons. The molecule has 4 heterocycles. The van der Waals surface area contributed by atoms with Gasteiger partial charge in [-0.05, 0) is 30.9 Å². The Hall–Kier alpha value is -3.53. The molecule has 0 spiro atoms. The SMILES string of the molecule is CNc1cc(F)cc2c1[nH]c1nc(Oc3cnc(C)nc3)nc(N3C[C@@H]4[C@@H](N)[C@@H]4C3)c12. The van der Waals surface area contributed by atoms with Gasteiger partial charge in [-0.3, -0.25) is 0 Å². The minimum atomic E-state index is -0.327. The van der Waals surface area contributed by atoms with Gasteiger partial charge in [0.2, 0.25) is 0 Å². The van der Waals surface area contributed by atoms with Crippen LogP contribution in [0.3, 0.4) is 0 Å². The molecule has 1 saturated heterocycles. The van der Waals surface area contributed by atoms with Crippen molar-refractivity contribution in [1.29, 1.82) is 0 Å². The topological polar surface area (TPSA) is 118 Å². The molecular formula is C21H21FN8O. The number of H-pyrrole nitrogens is 1. The van der Waals surface area contributed by atoms with Crippen molar-refractivity contribution < 1.29 is 9.13 Å². The average molecular weight is 420 g/mol. The third-order valence-electron chi connectivity index (χ3n) is 6.28. The highest BCUT2D eigenvalue weighted by molar-refractivity contribution is 6.14. The Labute approximate surface area is 176 Å². The van der Waals surface area contributed by atoms with Gasteiger partial charge >= 0.3 is 6.01 Å². The Bertz CT molecular complexity index is 1310. The molecule has 0 unspecified atom stereocenters. The van der Waals surface area contributed by atoms with Crippen LogP contribution in [-0.2, 0) is 0 Å². The Morgan fingerprint density at radius 1 is 1.19 bits per heavy atom. The van der Waals surface area contributed by atoms with Gasteiger partial charge in [0.1, 0.15) is 23.1 Å². The number of rotatable bonds is 4. The van der Waals surface area contributed by atoms with Gasteiger partial charge in [-0.2, -0.15) is 9.97 Å². The van der Waals surface area contributed by atoms with Crippen molar-refractivity contribution in [2.75, 3.05) is 30.4 Å². The number of piperidine rings is 1. The number of hydrogen-bond donors (Lipinski definition) is 3. The van der Waals surface area contributed by atoms with E-state index in [-0.39, 0.29) is 17.9 Å². The lowest BCUT2D eigenvalue weighted by molar-refractivity contribution is 0.439. The summed E-state index contributed by atoms with van der Waals surface area (Å²) < 4.78 is 20.2. The summed E-state index contributed by atoms with van der Waals surface area (Å²) in [5.74, 6) is 2.41. The number of fused-ring (bicyclic) bond motifs is 4. The van der Waals surface area contributed by atoms with Crippen LogP contribution >= 0.6 is 0 Å². The zero-order valence-corrected chi connectivity index (χ0v) is 17.1. The van der Waals surface area contributed by atoms with Crippen LogP contribution < -0.4 is 20.7 Å². The molecule has 0 amide bonds. The third kappa shape index (κ3) is 2.86. The van der Waals surface area contributed by atoms with E-state index in [2.05, 4.69) is 30.2 Å². The van der Waals surface area contributed by atoms with Gasteiger partial charge in [-0.1, -0.05) is 0 Å². The van der Waals surface area contributed by atoms with Crippen molar-refractivity contribution in [3.05, 3.63) is 36.2 Å². The van der Waals surface area contributed by atoms with Crippen LogP contribution in [0.25, 0.3) is 21.9 Å². The monoisotopic (exact) mass is 420 g/mol. The number of anilines is 2. The quantitative estimate of drug-likeness (QED) is 0.461. The second-order valence-corrected chi connectivity index (χ2v) is 8.18. The summed E-state index contributed by atoms with van der Waals surface area (Å²) in [6, 6.07) is 3.40. The van der Waals surface area contributed by atoms with E-state index < -0.39 is 0 Å². The van der Waals surface area contributed by atoms with E-state index in [0.29, 0.717) is 40.6 Å². The normalized spacial score (nSPS) is 22.2. The van der Waals surface area contributed by atoms with Crippen LogP contribution in [0, 0.1) is 24.6 Å². The first-order valence-corrected chi connectivity index (χ1v) is 10.2. The van der Waals surface area contributed by atoms with Gasteiger partial charge in [-0.25, -0.2) is 14.4 Å². The molecule has 2 fully saturated rings. The zero-order valence-electron chi connectivity index (χ0n) is 17.1. The highest BCUT2D eigenvalue weighted by Gasteiger charge is 2.54. The van der Waals surface area contributed by atoms with E-state index in [0.717, 1.165) is 29.4 Å². The number of nitrogens with one attached hydrogen (secondary N) is 2. The average Bonchev–Trinajstić information content (AvgIpc) is 3.12. The first kappa shape index (κ1) is 18.3. The van der Waals surface area contributed by atoms with Crippen molar-refractivity contribution in [1.82, 2.24) is 24.9 Å². The van der Waals surface area contributed by atoms with Gasteiger partial charge in [0.25, 0.3) is 0 Å². The molecule has 1 aliphatic carbocycles. The Kier molecular flexibility index (Phi) is 3.82. The number of hydrogen-bond acceptors (Lipinski definition) is 8. The van der Waals surface area contributed by atoms with Gasteiger partial charge < -0.3 is 25.7 Å². The van der Waals surface area contributed by atoms with Crippen LogP contribution in [0.5, 0.6) is 11.8 Å². The van der Waals surface area contributed by atoms with Crippen LogP contribution in [-0.4, -0.2) is 51.1 Å². The molecule has 158 valence electrons. The Morgan fingerprint density at radius 3 is 2.65 bits per heavy atom. The number of nitrogens with two attached hydrogens (primary N) is 1. The van der Waals surface area contributed by atoms with E-state index in [1.54, 1.807) is 26.4 Å². The van der Waals surface area contributed by atoms with Gasteiger partial charge in [-0.15, -0.1) is 0 Å². The number of aromatic amines is 1. The van der Waals surface area contributed by atoms with Crippen molar-refractivity contribution in [2.24, 2.45) is 17.6 Å². The maximum Gasteiger partial charge on any atom is 0.326 e. The molecule has 3 atom stereocenters. The molecule has 3 aromatic heterocycles. The lowest BCUT2D eigenvalue weighted by Crippen LogP contribution is -2.29. The summed E-state index contributed by atoms with van der Waals surface area (Å²) in [7, 11) is 1.76. The fraction of sp³-hybridized carbons (Fsp3) is 0.333. The molecule has 6 rings (SSSR count). The van der Waals surface area contributed by atoms with Gasteiger partial charge in [0.05, 0.1) is 29.0 Å². The predicted octanol–water partition coefficient (Wildman–Crippen LogP) is 2.58. The number of aryl methyl sites for hydroxylation is 1. The van der Waals surface area contributed by atoms with E-state index in [9.17, 15) is 4.39 Å². The maximum absolute atomic E-state index is 14.4. The first-order chi connectivity index (χ1) is 15.0. The molecule has 1 saturated carbocycles. The van der Waals surface area contributed by atoms with Crippen LogP contribution in [0.1, 0.15) is 5.82 Å². The summed E-state index contributed by atoms with van der Waals surface area (Å²) in [5.41, 5.74) is 8.14. The van der Waals surface area contributed by atoms with E-state index >= 15 is 0 Å². The molecule has 9 nitrogen and oxygen atoms in total. The van der Waals surface area contributed by atoms with Crippen molar-refractivity contribution >= 4 is 33.4 Å². The predicted molar refractivity (Wildman–Crippen MR) is 115 cm³/mol. The lowest BCUT2D eigenvalue weighted by Gasteiger charge is -2.21. The second kappa shape index (κ2) is 6.48. The highest BCUT2D eigenvalue weighted by Crippen LogP contribution is 2.47. The zero-order chi connectivity index (χ0) is 21.3. The molecule has 4 aromatic rings. The van der Waals surface area contributed by atoms with Gasteiger partial charge in [0.15, 0.2) is 5.75 Å². The first-order valence-electron chi connectivity index (χ1n) is 10.2. The van der Waals surface area contributed by atoms with E-state index in [1.807, 2.05) is 0 Å². The summed E-state index contributed by atoms with van der Waals surface area (Å²) in [5, 5.41) is 4.54. The molecular weight excluding hydrogens is 399 g/mol. The molecule has 1 aliphatic heterocycles. The lowest BCUT2D eigenvalue weighted by atomic mass is 10.1. The third-order valence-corrected chi connectivity index (χ3v) is 6.28. The minimum absolute atomic E-state index is 0.179. The maximum atomic E-state index is 14.4. The van der Waals surface area contributed by atoms with E-state index in [1.165, 1.54) is 12.1 Å². The molecule has 1 aromatic carbocycles. The fourth-order valence-electron chi connectivity index (χ4n) is 4.58. The largest absolute Gasteiger partial charge is 0.421 e. The smallest absolute Gasteiger partial charge is 0.326 e. The van der Waals surface area contributed by atoms with Gasteiger partial charge in [0, 0.05) is 31.6 Å². The molecule has 31 heavy (non-hydrogen) atoms. The molecule has 2 aliphatic rings. The highest BCUT2D eigenvalue weighted by atomic mass is 19.1. The number of benzene rings is 1. The minimum Gasteiger partial charge on any atom is -0.421 e. The number of ether oxygens (including phenoxy) is 1. The summed E-state index contributed by atoms with van der Waals surface area (Å²) in [4.78, 5) is 23.1. The fourth-order valence-corrected chi connectivity index (χ4v) is 4.58. The van der Waals surface area contributed by atoms with Crippen molar-refractivity contribution in [3.63, 3.8) is 0 Å². The Morgan fingerprint density at radius 2 is 1.94 bits per heavy atom. The summed E-state index contributed by atoms with van der Waals surface area (Å²) in [6.07, 6.45) is 3.17. The molecule has 0 bridgehead atoms. The summed E-state index contributed by atoms with van der Waals surface area (Å²) >= 11 is 0. The number of halogens is 1. The number of nitrogens with zero attached hydrogens (tertiary/aromatic N) is 5. The summed E-state index contributed by atoms with van der Waals surface area (Å²) in [6.45, 7) is 3.43. The Balaban J connectivity index is 1.53. The van der Waals surface area contributed by atoms with E-state index in [4.69, 9.17) is 15.5 Å². The molecule has 10 heteroatoms. The van der Waals surface area contributed by atoms with Crippen LogP contribution in [0.15, 0.2) is 24.5 Å². The number of aromatic nitrogens is 5. The van der Waals surface area contributed by atoms with Crippen LogP contribution in [0.2, 0.25) is 0 Å². The van der Waals surface area contributed by atoms with Crippen LogP contribution in [0.4, 0.5) is 15.9 Å². The van der Waals surface area contributed by atoms with Crippen molar-refractivity contribution in [3.8, 4) is 11.8 Å². The standard InChI is InChI=1S/C21H21FN8O/c1-9-25-5-11(6-26-9)31-21-28-19-16(12-3-10(22)4-15(24-2)18(12)27-19)20(29-21)30-7-13-14(8-30)17(13)23/h3-6,13-14,17,24H,7-8,23H2,1-2H3,(H,27,28,29)/t13-,14+,17+. The van der Waals surface area contributed by atoms with Crippen molar-refractivity contribution in [2.45, 2.75) is 13.0 Å². The molecule has 4 N–H and O–H groups in total.